The van der Waals surface area contributed by atoms with Crippen molar-refractivity contribution in [2.24, 2.45) is 17.6 Å². The Morgan fingerprint density at radius 3 is 2.22 bits per heavy atom. The van der Waals surface area contributed by atoms with Crippen LogP contribution >= 0.6 is 24.8 Å². The lowest BCUT2D eigenvalue weighted by Gasteiger charge is -2.37. The molecule has 136 valence electrons. The Labute approximate surface area is 152 Å². The van der Waals surface area contributed by atoms with Gasteiger partial charge in [0, 0.05) is 44.7 Å². The molecule has 5 nitrogen and oxygen atoms in total. The highest BCUT2D eigenvalue weighted by molar-refractivity contribution is 5.85. The van der Waals surface area contributed by atoms with E-state index in [1.54, 1.807) is 0 Å². The minimum absolute atomic E-state index is 0. The van der Waals surface area contributed by atoms with Gasteiger partial charge in [0.05, 0.1) is 13.2 Å². The van der Waals surface area contributed by atoms with Crippen molar-refractivity contribution >= 4 is 30.7 Å². The van der Waals surface area contributed by atoms with E-state index in [4.69, 9.17) is 10.5 Å². The summed E-state index contributed by atoms with van der Waals surface area (Å²) in [7, 11) is 0. The summed E-state index contributed by atoms with van der Waals surface area (Å²) in [4.78, 5) is 17.1. The average molecular weight is 368 g/mol. The number of piperidine rings is 1. The third-order valence-corrected chi connectivity index (χ3v) is 5.37. The first-order valence-electron chi connectivity index (χ1n) is 8.57. The number of halogens is 2. The molecule has 23 heavy (non-hydrogen) atoms. The summed E-state index contributed by atoms with van der Waals surface area (Å²) in [5, 5.41) is 0. The van der Waals surface area contributed by atoms with Gasteiger partial charge in [0.25, 0.3) is 0 Å². The molecule has 2 N–H and O–H groups in total. The van der Waals surface area contributed by atoms with Crippen LogP contribution in [0.4, 0.5) is 0 Å². The van der Waals surface area contributed by atoms with E-state index in [0.29, 0.717) is 5.91 Å². The van der Waals surface area contributed by atoms with Gasteiger partial charge in [0.2, 0.25) is 5.91 Å². The minimum Gasteiger partial charge on any atom is -0.379 e. The molecule has 7 heteroatoms. The molecule has 0 aromatic heterocycles. The first-order valence-corrected chi connectivity index (χ1v) is 8.57. The Morgan fingerprint density at radius 2 is 1.65 bits per heavy atom. The van der Waals surface area contributed by atoms with Crippen LogP contribution in [-0.4, -0.2) is 67.7 Å². The standard InChI is InChI=1S/C16H29N3O2.2ClH/c17-15-2-1-14(11-15)16(20)19-5-3-13(4-6-19)12-18-7-9-21-10-8-18;;/h13-15H,1-12,17H2;2*1H. The largest absolute Gasteiger partial charge is 0.379 e. The fourth-order valence-corrected chi connectivity index (χ4v) is 3.98. The topological polar surface area (TPSA) is 58.8 Å². The van der Waals surface area contributed by atoms with E-state index in [2.05, 4.69) is 9.80 Å². The molecule has 0 spiro atoms. The number of morpholine rings is 1. The van der Waals surface area contributed by atoms with Crippen molar-refractivity contribution in [3.05, 3.63) is 0 Å². The van der Waals surface area contributed by atoms with E-state index in [-0.39, 0.29) is 36.8 Å². The third-order valence-electron chi connectivity index (χ3n) is 5.37. The molecule has 0 radical (unpaired) electrons. The summed E-state index contributed by atoms with van der Waals surface area (Å²) in [5.74, 6) is 1.32. The molecule has 3 fully saturated rings. The van der Waals surface area contributed by atoms with E-state index in [9.17, 15) is 4.79 Å². The fourth-order valence-electron chi connectivity index (χ4n) is 3.98. The second-order valence-corrected chi connectivity index (χ2v) is 6.95. The quantitative estimate of drug-likeness (QED) is 0.821. The number of amides is 1. The number of carbonyl (C=O) groups excluding carboxylic acids is 1. The number of rotatable bonds is 3. The molecule has 2 atom stereocenters. The summed E-state index contributed by atoms with van der Waals surface area (Å²) in [6.07, 6.45) is 5.22. The molecule has 2 saturated heterocycles. The van der Waals surface area contributed by atoms with Crippen molar-refractivity contribution in [3.8, 4) is 0 Å². The summed E-state index contributed by atoms with van der Waals surface area (Å²) in [6, 6.07) is 0.248. The zero-order valence-corrected chi connectivity index (χ0v) is 15.5. The number of ether oxygens (including phenoxy) is 1. The number of nitrogens with zero attached hydrogens (tertiary/aromatic N) is 2. The maximum Gasteiger partial charge on any atom is 0.225 e. The maximum absolute atomic E-state index is 12.5. The summed E-state index contributed by atoms with van der Waals surface area (Å²) >= 11 is 0. The van der Waals surface area contributed by atoms with Gasteiger partial charge >= 0.3 is 0 Å². The van der Waals surface area contributed by atoms with Gasteiger partial charge in [0.1, 0.15) is 0 Å². The number of hydrogen-bond acceptors (Lipinski definition) is 4. The smallest absolute Gasteiger partial charge is 0.225 e. The number of carbonyl (C=O) groups is 1. The van der Waals surface area contributed by atoms with Crippen molar-refractivity contribution in [1.29, 1.82) is 0 Å². The van der Waals surface area contributed by atoms with Crippen LogP contribution in [0.25, 0.3) is 0 Å². The molecule has 1 amide bonds. The van der Waals surface area contributed by atoms with Gasteiger partial charge in [-0.25, -0.2) is 0 Å². The van der Waals surface area contributed by atoms with Crippen molar-refractivity contribution in [2.75, 3.05) is 45.9 Å². The Bertz CT molecular complexity index is 359. The summed E-state index contributed by atoms with van der Waals surface area (Å²) in [5.41, 5.74) is 5.93. The third kappa shape index (κ3) is 5.75. The normalized spacial score (nSPS) is 29.7. The number of hydrogen-bond donors (Lipinski definition) is 1. The first-order chi connectivity index (χ1) is 10.2. The molecule has 2 aliphatic heterocycles. The fraction of sp³-hybridized carbons (Fsp3) is 0.938. The molecule has 2 unspecified atom stereocenters. The predicted octanol–water partition coefficient (Wildman–Crippen LogP) is 1.53. The highest BCUT2D eigenvalue weighted by Crippen LogP contribution is 2.28. The maximum atomic E-state index is 12.5. The van der Waals surface area contributed by atoms with E-state index < -0.39 is 0 Å². The molecular weight excluding hydrogens is 337 g/mol. The highest BCUT2D eigenvalue weighted by Gasteiger charge is 2.33. The molecule has 0 aromatic rings. The van der Waals surface area contributed by atoms with Crippen molar-refractivity contribution in [2.45, 2.75) is 38.1 Å². The summed E-state index contributed by atoms with van der Waals surface area (Å²) in [6.45, 7) is 6.95. The van der Waals surface area contributed by atoms with Crippen LogP contribution in [0.3, 0.4) is 0 Å². The SMILES string of the molecule is Cl.Cl.NC1CCC(C(=O)N2CCC(CN3CCOCC3)CC2)C1. The molecule has 1 saturated carbocycles. The van der Waals surface area contributed by atoms with Crippen LogP contribution in [0.5, 0.6) is 0 Å². The van der Waals surface area contributed by atoms with Crippen molar-refractivity contribution in [3.63, 3.8) is 0 Å². The average Bonchev–Trinajstić information content (AvgIpc) is 2.95. The van der Waals surface area contributed by atoms with Gasteiger partial charge in [0.15, 0.2) is 0 Å². The Balaban J connectivity index is 0.00000132. The highest BCUT2D eigenvalue weighted by atomic mass is 35.5. The second kappa shape index (κ2) is 10.0. The lowest BCUT2D eigenvalue weighted by molar-refractivity contribution is -0.136. The van der Waals surface area contributed by atoms with Crippen LogP contribution in [0, 0.1) is 11.8 Å². The van der Waals surface area contributed by atoms with Gasteiger partial charge in [-0.15, -0.1) is 24.8 Å². The van der Waals surface area contributed by atoms with Crippen LogP contribution in [0.2, 0.25) is 0 Å². The van der Waals surface area contributed by atoms with Crippen LogP contribution in [-0.2, 0) is 9.53 Å². The van der Waals surface area contributed by atoms with E-state index in [1.807, 2.05) is 0 Å². The molecule has 0 bridgehead atoms. The zero-order chi connectivity index (χ0) is 14.7. The van der Waals surface area contributed by atoms with Gasteiger partial charge in [-0.3, -0.25) is 9.69 Å². The second-order valence-electron chi connectivity index (χ2n) is 6.95. The zero-order valence-electron chi connectivity index (χ0n) is 13.8. The molecule has 0 aromatic carbocycles. The molecule has 2 heterocycles. The van der Waals surface area contributed by atoms with Crippen LogP contribution < -0.4 is 5.73 Å². The molecule has 3 aliphatic rings. The summed E-state index contributed by atoms with van der Waals surface area (Å²) < 4.78 is 5.40. The molecule has 1 aliphatic carbocycles. The monoisotopic (exact) mass is 367 g/mol. The molecule has 3 rings (SSSR count). The van der Waals surface area contributed by atoms with E-state index in [0.717, 1.165) is 77.4 Å². The number of likely N-dealkylation sites (tertiary alicyclic amines) is 1. The van der Waals surface area contributed by atoms with Gasteiger partial charge in [-0.2, -0.15) is 0 Å². The van der Waals surface area contributed by atoms with Crippen LogP contribution in [0.15, 0.2) is 0 Å². The Kier molecular flexibility index (Phi) is 9.16. The Hall–Kier alpha value is -0.0700. The van der Waals surface area contributed by atoms with Crippen LogP contribution in [0.1, 0.15) is 32.1 Å². The van der Waals surface area contributed by atoms with E-state index in [1.165, 1.54) is 6.54 Å². The minimum atomic E-state index is 0. The van der Waals surface area contributed by atoms with Crippen molar-refractivity contribution in [1.82, 2.24) is 9.80 Å². The molecular formula is C16H31Cl2N3O2. The first kappa shape index (κ1) is 21.0. The lowest BCUT2D eigenvalue weighted by atomic mass is 9.94. The Morgan fingerprint density at radius 1 is 1.00 bits per heavy atom. The lowest BCUT2D eigenvalue weighted by Crippen LogP contribution is -2.45. The van der Waals surface area contributed by atoms with Gasteiger partial charge in [-0.05, 0) is 38.0 Å². The van der Waals surface area contributed by atoms with Gasteiger partial charge < -0.3 is 15.4 Å². The van der Waals surface area contributed by atoms with E-state index >= 15 is 0 Å². The predicted molar refractivity (Wildman–Crippen MR) is 96.4 cm³/mol. The number of nitrogens with two attached hydrogens (primary N) is 1. The van der Waals surface area contributed by atoms with Gasteiger partial charge in [-0.1, -0.05) is 0 Å². The van der Waals surface area contributed by atoms with Crippen molar-refractivity contribution < 1.29 is 9.53 Å².